The molecule has 0 saturated carbocycles. The topological polar surface area (TPSA) is 72.7 Å². The summed E-state index contributed by atoms with van der Waals surface area (Å²) in [5.74, 6) is 1.16. The second-order valence-corrected chi connectivity index (χ2v) is 5.26. The molecule has 0 spiro atoms. The van der Waals surface area contributed by atoms with Crippen LogP contribution < -0.4 is 11.2 Å². The van der Waals surface area contributed by atoms with E-state index in [2.05, 4.69) is 16.5 Å². The number of aromatic amines is 1. The van der Waals surface area contributed by atoms with Gasteiger partial charge in [0.2, 0.25) is 0 Å². The number of imidazole rings is 1. The fourth-order valence-corrected chi connectivity index (χ4v) is 2.72. The number of aryl methyl sites for hydroxylation is 1. The number of alkyl halides is 1. The van der Waals surface area contributed by atoms with Crippen molar-refractivity contribution in [3.05, 3.63) is 33.5 Å². The molecule has 2 aromatic heterocycles. The summed E-state index contributed by atoms with van der Waals surface area (Å²) in [5, 5.41) is 0.655. The highest BCUT2D eigenvalue weighted by Crippen LogP contribution is 2.21. The van der Waals surface area contributed by atoms with Gasteiger partial charge < -0.3 is 4.57 Å². The molecule has 0 aliphatic carbocycles. The molecule has 0 aromatic carbocycles. The molecule has 102 valence electrons. The molecule has 0 atom stereocenters. The van der Waals surface area contributed by atoms with Crippen LogP contribution in [0.4, 0.5) is 0 Å². The highest BCUT2D eigenvalue weighted by atomic mass is 35.5. The van der Waals surface area contributed by atoms with Crippen molar-refractivity contribution in [1.82, 2.24) is 19.1 Å². The normalized spacial score (nSPS) is 11.1. The summed E-state index contributed by atoms with van der Waals surface area (Å²) in [6.45, 7) is 4.12. The summed E-state index contributed by atoms with van der Waals surface area (Å²) in [6.07, 6.45) is 1.68. The average molecular weight is 301 g/mol. The Kier molecular flexibility index (Phi) is 4.16. The minimum absolute atomic E-state index is 0.368. The van der Waals surface area contributed by atoms with Crippen molar-refractivity contribution in [3.8, 4) is 0 Å². The Labute approximate surface area is 118 Å². The number of fused-ring (bicyclic) bond motifs is 1. The first-order valence-electron chi connectivity index (χ1n) is 5.59. The third kappa shape index (κ3) is 2.48. The lowest BCUT2D eigenvalue weighted by Crippen LogP contribution is -2.29. The van der Waals surface area contributed by atoms with Crippen LogP contribution in [-0.2, 0) is 13.6 Å². The lowest BCUT2D eigenvalue weighted by molar-refractivity contribution is 0.745. The third-order valence-electron chi connectivity index (χ3n) is 2.59. The summed E-state index contributed by atoms with van der Waals surface area (Å²) < 4.78 is 3.05. The van der Waals surface area contributed by atoms with E-state index in [-0.39, 0.29) is 0 Å². The van der Waals surface area contributed by atoms with Crippen LogP contribution in [0.5, 0.6) is 0 Å². The predicted octanol–water partition coefficient (Wildman–Crippen LogP) is 0.940. The molecule has 0 aliphatic rings. The maximum atomic E-state index is 11.9. The van der Waals surface area contributed by atoms with Crippen LogP contribution in [0.3, 0.4) is 0 Å². The number of rotatable bonds is 5. The van der Waals surface area contributed by atoms with Gasteiger partial charge in [0, 0.05) is 25.2 Å². The molecule has 6 nitrogen and oxygen atoms in total. The van der Waals surface area contributed by atoms with Gasteiger partial charge in [0.1, 0.15) is 0 Å². The third-order valence-corrected chi connectivity index (χ3v) is 3.98. The van der Waals surface area contributed by atoms with Gasteiger partial charge in [-0.25, -0.2) is 9.78 Å². The van der Waals surface area contributed by atoms with Crippen molar-refractivity contribution in [2.75, 3.05) is 11.6 Å². The minimum atomic E-state index is -0.477. The van der Waals surface area contributed by atoms with Gasteiger partial charge in [0.25, 0.3) is 5.56 Å². The summed E-state index contributed by atoms with van der Waals surface area (Å²) in [4.78, 5) is 30.1. The quantitative estimate of drug-likeness (QED) is 0.507. The first-order valence-corrected chi connectivity index (χ1v) is 7.11. The molecular formula is C11H13ClN4O2S. The maximum absolute atomic E-state index is 11.9. The molecule has 1 N–H and O–H groups in total. The molecule has 0 saturated heterocycles. The van der Waals surface area contributed by atoms with Crippen LogP contribution >= 0.6 is 23.4 Å². The molecule has 2 heterocycles. The van der Waals surface area contributed by atoms with Gasteiger partial charge in [-0.3, -0.25) is 14.3 Å². The van der Waals surface area contributed by atoms with E-state index < -0.39 is 11.2 Å². The molecular weight excluding hydrogens is 288 g/mol. The van der Waals surface area contributed by atoms with E-state index in [0.717, 1.165) is 0 Å². The first kappa shape index (κ1) is 14.0. The first-order chi connectivity index (χ1) is 9.10. The van der Waals surface area contributed by atoms with E-state index in [4.69, 9.17) is 11.6 Å². The fourth-order valence-electron chi connectivity index (χ4n) is 1.75. The number of hydrogen-bond donors (Lipinski definition) is 1. The maximum Gasteiger partial charge on any atom is 0.329 e. The number of halogens is 1. The molecule has 0 unspecified atom stereocenters. The molecule has 19 heavy (non-hydrogen) atoms. The Bertz CT molecular complexity index is 731. The van der Waals surface area contributed by atoms with Gasteiger partial charge >= 0.3 is 5.69 Å². The van der Waals surface area contributed by atoms with Gasteiger partial charge in [0.15, 0.2) is 16.3 Å². The Morgan fingerprint density at radius 3 is 2.89 bits per heavy atom. The van der Waals surface area contributed by atoms with Crippen LogP contribution in [0, 0.1) is 0 Å². The highest BCUT2D eigenvalue weighted by Gasteiger charge is 2.16. The van der Waals surface area contributed by atoms with Crippen LogP contribution in [0.2, 0.25) is 0 Å². The second-order valence-electron chi connectivity index (χ2n) is 3.82. The molecule has 0 fully saturated rings. The zero-order chi connectivity index (χ0) is 14.0. The van der Waals surface area contributed by atoms with Gasteiger partial charge in [-0.15, -0.1) is 18.2 Å². The van der Waals surface area contributed by atoms with E-state index in [1.807, 2.05) is 0 Å². The molecule has 2 aromatic rings. The van der Waals surface area contributed by atoms with Gasteiger partial charge in [0.05, 0.1) is 0 Å². The van der Waals surface area contributed by atoms with E-state index in [0.29, 0.717) is 34.5 Å². The number of allylic oxidation sites excluding steroid dienone is 1. The number of nitrogens with zero attached hydrogens (tertiary/aromatic N) is 3. The van der Waals surface area contributed by atoms with Crippen LogP contribution in [0.15, 0.2) is 27.4 Å². The zero-order valence-electron chi connectivity index (χ0n) is 10.4. The van der Waals surface area contributed by atoms with Crippen molar-refractivity contribution in [3.63, 3.8) is 0 Å². The average Bonchev–Trinajstić information content (AvgIpc) is 2.74. The van der Waals surface area contributed by atoms with Crippen molar-refractivity contribution in [1.29, 1.82) is 0 Å². The molecule has 0 aliphatic heterocycles. The Morgan fingerprint density at radius 2 is 2.26 bits per heavy atom. The monoisotopic (exact) mass is 300 g/mol. The van der Waals surface area contributed by atoms with E-state index in [9.17, 15) is 9.59 Å². The number of aromatic nitrogens is 4. The van der Waals surface area contributed by atoms with E-state index in [1.54, 1.807) is 17.7 Å². The summed E-state index contributed by atoms with van der Waals surface area (Å²) in [5.41, 5.74) is -0.174. The summed E-state index contributed by atoms with van der Waals surface area (Å²) >= 11 is 7.11. The highest BCUT2D eigenvalue weighted by molar-refractivity contribution is 7.99. The Hall–Kier alpha value is -1.47. The van der Waals surface area contributed by atoms with Gasteiger partial charge in [-0.2, -0.15) is 0 Å². The standard InChI is InChI=1S/C11H13ClN4O2S/c1-3-5-16-7-8(13-11(16)19-6-4-12)15(2)10(18)14-9(7)17/h3H,1,4-6H2,2H3,(H,14,17,18). The predicted molar refractivity (Wildman–Crippen MR) is 77.2 cm³/mol. The number of nitrogens with one attached hydrogen (secondary N) is 1. The Morgan fingerprint density at radius 1 is 1.53 bits per heavy atom. The van der Waals surface area contributed by atoms with Crippen LogP contribution in [0.25, 0.3) is 11.2 Å². The smallest absolute Gasteiger partial charge is 0.309 e. The fraction of sp³-hybridized carbons (Fsp3) is 0.364. The van der Waals surface area contributed by atoms with Gasteiger partial charge in [-0.05, 0) is 0 Å². The van der Waals surface area contributed by atoms with Crippen molar-refractivity contribution >= 4 is 34.5 Å². The van der Waals surface area contributed by atoms with E-state index in [1.165, 1.54) is 16.3 Å². The lowest BCUT2D eigenvalue weighted by Gasteiger charge is -2.04. The molecule has 0 radical (unpaired) electrons. The largest absolute Gasteiger partial charge is 0.329 e. The Balaban J connectivity index is 2.76. The molecule has 0 amide bonds. The second kappa shape index (κ2) is 5.66. The van der Waals surface area contributed by atoms with Crippen LogP contribution in [0.1, 0.15) is 0 Å². The van der Waals surface area contributed by atoms with Crippen molar-refractivity contribution in [2.24, 2.45) is 7.05 Å². The molecule has 0 bridgehead atoms. The minimum Gasteiger partial charge on any atom is -0.309 e. The number of thioether (sulfide) groups is 1. The van der Waals surface area contributed by atoms with E-state index >= 15 is 0 Å². The lowest BCUT2D eigenvalue weighted by atomic mass is 10.5. The summed E-state index contributed by atoms with van der Waals surface area (Å²) in [7, 11) is 1.57. The van der Waals surface area contributed by atoms with Crippen molar-refractivity contribution in [2.45, 2.75) is 11.7 Å². The zero-order valence-corrected chi connectivity index (χ0v) is 11.9. The van der Waals surface area contributed by atoms with Crippen molar-refractivity contribution < 1.29 is 0 Å². The van der Waals surface area contributed by atoms with Crippen LogP contribution in [-0.4, -0.2) is 30.7 Å². The SMILES string of the molecule is C=CCn1c(SCCCl)nc2c1c(=O)[nH]c(=O)n2C. The number of hydrogen-bond acceptors (Lipinski definition) is 4. The van der Waals surface area contributed by atoms with Gasteiger partial charge in [-0.1, -0.05) is 17.8 Å². The molecule has 2 rings (SSSR count). The number of H-pyrrole nitrogens is 1. The summed E-state index contributed by atoms with van der Waals surface area (Å²) in [6, 6.07) is 0. The molecule has 8 heteroatoms.